The Balaban J connectivity index is 1.54. The number of carbonyl (C=O) groups is 2. The monoisotopic (exact) mass is 431 g/mol. The molecule has 0 saturated carbocycles. The Labute approximate surface area is 173 Å². The summed E-state index contributed by atoms with van der Waals surface area (Å²) in [6, 6.07) is 13.1. The molecule has 1 aromatic heterocycles. The lowest BCUT2D eigenvalue weighted by Gasteiger charge is -2.12. The number of hydrogen-bond acceptors (Lipinski definition) is 4. The highest BCUT2D eigenvalue weighted by Gasteiger charge is 2.35. The number of amides is 2. The summed E-state index contributed by atoms with van der Waals surface area (Å²) in [5, 5.41) is 0.168. The largest absolute Gasteiger partial charge is 0.457 e. The Kier molecular flexibility index (Phi) is 5.25. The van der Waals surface area contributed by atoms with Crippen molar-refractivity contribution in [3.8, 4) is 11.3 Å². The number of hydrogen-bond donors (Lipinski definition) is 0. The van der Waals surface area contributed by atoms with Gasteiger partial charge in [0.25, 0.3) is 11.1 Å². The van der Waals surface area contributed by atoms with Crippen molar-refractivity contribution in [3.63, 3.8) is 0 Å². The van der Waals surface area contributed by atoms with Crippen LogP contribution in [-0.4, -0.2) is 16.0 Å². The number of thioether (sulfide) groups is 1. The highest BCUT2D eigenvalue weighted by atomic mass is 35.5. The number of benzene rings is 2. The Morgan fingerprint density at radius 2 is 1.79 bits per heavy atom. The molecule has 1 aliphatic heterocycles. The standard InChI is InChI=1S/C21H12ClF2NO3S/c22-13-3-1-12(2-4-13)11-25-20(26)19(29-21(25)27)10-15-6-8-18(28-15)16-7-5-14(23)9-17(16)24/h1-10H,11H2/b19-10+. The average molecular weight is 432 g/mol. The van der Waals surface area contributed by atoms with E-state index < -0.39 is 22.8 Å². The van der Waals surface area contributed by atoms with Crippen LogP contribution in [0.25, 0.3) is 17.4 Å². The van der Waals surface area contributed by atoms with Crippen LogP contribution in [0.15, 0.2) is 63.9 Å². The fourth-order valence-electron chi connectivity index (χ4n) is 2.80. The van der Waals surface area contributed by atoms with E-state index in [0.29, 0.717) is 5.02 Å². The summed E-state index contributed by atoms with van der Waals surface area (Å²) in [4.78, 5) is 26.2. The minimum absolute atomic E-state index is 0.0990. The number of rotatable bonds is 4. The number of furan rings is 1. The Bertz CT molecular complexity index is 1140. The molecule has 0 atom stereocenters. The number of halogens is 3. The first kappa shape index (κ1) is 19.4. The molecule has 2 aromatic carbocycles. The molecular formula is C21H12ClF2NO3S. The molecule has 29 heavy (non-hydrogen) atoms. The maximum absolute atomic E-state index is 13.9. The summed E-state index contributed by atoms with van der Waals surface area (Å²) < 4.78 is 32.5. The Morgan fingerprint density at radius 3 is 2.52 bits per heavy atom. The van der Waals surface area contributed by atoms with Crippen molar-refractivity contribution in [1.82, 2.24) is 4.90 Å². The first-order valence-electron chi connectivity index (χ1n) is 8.46. The minimum Gasteiger partial charge on any atom is -0.457 e. The van der Waals surface area contributed by atoms with Gasteiger partial charge in [-0.25, -0.2) is 8.78 Å². The number of imide groups is 1. The van der Waals surface area contributed by atoms with Crippen LogP contribution in [0.2, 0.25) is 5.02 Å². The molecular weight excluding hydrogens is 420 g/mol. The van der Waals surface area contributed by atoms with E-state index in [-0.39, 0.29) is 28.5 Å². The maximum atomic E-state index is 13.9. The molecule has 4 nitrogen and oxygen atoms in total. The van der Waals surface area contributed by atoms with Crippen LogP contribution in [0.1, 0.15) is 11.3 Å². The Hall–Kier alpha value is -2.90. The topological polar surface area (TPSA) is 50.5 Å². The zero-order valence-corrected chi connectivity index (χ0v) is 16.3. The maximum Gasteiger partial charge on any atom is 0.293 e. The predicted octanol–water partition coefficient (Wildman–Crippen LogP) is 6.11. The van der Waals surface area contributed by atoms with Crippen molar-refractivity contribution in [1.29, 1.82) is 0 Å². The fraction of sp³-hybridized carbons (Fsp3) is 0.0476. The van der Waals surface area contributed by atoms with E-state index in [4.69, 9.17) is 16.0 Å². The molecule has 1 fully saturated rings. The smallest absolute Gasteiger partial charge is 0.293 e. The second-order valence-electron chi connectivity index (χ2n) is 6.22. The molecule has 8 heteroatoms. The van der Waals surface area contributed by atoms with Crippen molar-refractivity contribution in [2.45, 2.75) is 6.54 Å². The van der Waals surface area contributed by atoms with Crippen LogP contribution in [0.4, 0.5) is 13.6 Å². The van der Waals surface area contributed by atoms with E-state index in [9.17, 15) is 18.4 Å². The molecule has 4 rings (SSSR count). The molecule has 0 unspecified atom stereocenters. The van der Waals surface area contributed by atoms with Gasteiger partial charge in [-0.1, -0.05) is 23.7 Å². The predicted molar refractivity (Wildman–Crippen MR) is 107 cm³/mol. The van der Waals surface area contributed by atoms with E-state index in [1.165, 1.54) is 18.2 Å². The highest BCUT2D eigenvalue weighted by Crippen LogP contribution is 2.34. The van der Waals surface area contributed by atoms with Gasteiger partial charge >= 0.3 is 0 Å². The molecule has 1 aliphatic rings. The highest BCUT2D eigenvalue weighted by molar-refractivity contribution is 8.18. The van der Waals surface area contributed by atoms with Crippen molar-refractivity contribution in [2.24, 2.45) is 0 Å². The van der Waals surface area contributed by atoms with Gasteiger partial charge in [0.05, 0.1) is 17.0 Å². The van der Waals surface area contributed by atoms with E-state index in [2.05, 4.69) is 0 Å². The van der Waals surface area contributed by atoms with Crippen LogP contribution in [0, 0.1) is 11.6 Å². The van der Waals surface area contributed by atoms with Gasteiger partial charge in [0.1, 0.15) is 23.2 Å². The van der Waals surface area contributed by atoms with Gasteiger partial charge in [-0.15, -0.1) is 0 Å². The molecule has 3 aromatic rings. The first-order valence-corrected chi connectivity index (χ1v) is 9.65. The van der Waals surface area contributed by atoms with Gasteiger partial charge in [0.2, 0.25) is 0 Å². The number of nitrogens with zero attached hydrogens (tertiary/aromatic N) is 1. The molecule has 146 valence electrons. The Morgan fingerprint density at radius 1 is 1.03 bits per heavy atom. The lowest BCUT2D eigenvalue weighted by Crippen LogP contribution is -2.27. The molecule has 0 aliphatic carbocycles. The molecule has 2 amide bonds. The van der Waals surface area contributed by atoms with Crippen molar-refractivity contribution < 1.29 is 22.8 Å². The van der Waals surface area contributed by atoms with Crippen LogP contribution >= 0.6 is 23.4 Å². The van der Waals surface area contributed by atoms with Gasteiger partial charge in [0.15, 0.2) is 0 Å². The van der Waals surface area contributed by atoms with Crippen molar-refractivity contribution in [3.05, 3.63) is 87.5 Å². The van der Waals surface area contributed by atoms with Gasteiger partial charge in [-0.3, -0.25) is 14.5 Å². The van der Waals surface area contributed by atoms with Crippen molar-refractivity contribution in [2.75, 3.05) is 0 Å². The van der Waals surface area contributed by atoms with Crippen molar-refractivity contribution >= 4 is 40.6 Å². The molecule has 0 N–H and O–H groups in total. The number of carbonyl (C=O) groups excluding carboxylic acids is 2. The van der Waals surface area contributed by atoms with Gasteiger partial charge in [0, 0.05) is 17.2 Å². The van der Waals surface area contributed by atoms with E-state index >= 15 is 0 Å². The normalized spacial score (nSPS) is 15.6. The van der Waals surface area contributed by atoms with Crippen LogP contribution in [0.3, 0.4) is 0 Å². The molecule has 0 radical (unpaired) electrons. The lowest BCUT2D eigenvalue weighted by atomic mass is 10.1. The summed E-state index contributed by atoms with van der Waals surface area (Å²) >= 11 is 6.65. The van der Waals surface area contributed by atoms with Crippen LogP contribution < -0.4 is 0 Å². The third-order valence-electron chi connectivity index (χ3n) is 4.22. The summed E-state index contributed by atoms with van der Waals surface area (Å²) in [7, 11) is 0. The van der Waals surface area contributed by atoms with E-state index in [1.807, 2.05) is 0 Å². The third kappa shape index (κ3) is 4.11. The second kappa shape index (κ2) is 7.85. The first-order chi connectivity index (χ1) is 13.9. The summed E-state index contributed by atoms with van der Waals surface area (Å²) in [6.45, 7) is 0.128. The molecule has 2 heterocycles. The molecule has 0 bridgehead atoms. The van der Waals surface area contributed by atoms with Crippen LogP contribution in [0.5, 0.6) is 0 Å². The summed E-state index contributed by atoms with van der Waals surface area (Å²) in [6.07, 6.45) is 1.43. The SMILES string of the molecule is O=C1S/C(=C/c2ccc(-c3ccc(F)cc3F)o2)C(=O)N1Cc1ccc(Cl)cc1. The molecule has 0 spiro atoms. The zero-order chi connectivity index (χ0) is 20.5. The second-order valence-corrected chi connectivity index (χ2v) is 7.65. The average Bonchev–Trinajstić information content (AvgIpc) is 3.24. The molecule has 1 saturated heterocycles. The van der Waals surface area contributed by atoms with E-state index in [0.717, 1.165) is 34.4 Å². The van der Waals surface area contributed by atoms with Gasteiger partial charge in [-0.05, 0) is 53.7 Å². The van der Waals surface area contributed by atoms with Gasteiger partial charge in [-0.2, -0.15) is 0 Å². The van der Waals surface area contributed by atoms with Gasteiger partial charge < -0.3 is 4.42 Å². The third-order valence-corrected chi connectivity index (χ3v) is 5.38. The summed E-state index contributed by atoms with van der Waals surface area (Å²) in [5.74, 6) is -1.42. The van der Waals surface area contributed by atoms with E-state index in [1.54, 1.807) is 30.3 Å². The minimum atomic E-state index is -0.755. The fourth-order valence-corrected chi connectivity index (χ4v) is 3.75. The van der Waals surface area contributed by atoms with Crippen LogP contribution in [-0.2, 0) is 11.3 Å². The zero-order valence-electron chi connectivity index (χ0n) is 14.7. The quantitative estimate of drug-likeness (QED) is 0.467. The lowest BCUT2D eigenvalue weighted by molar-refractivity contribution is -0.123. The summed E-state index contributed by atoms with van der Waals surface area (Å²) in [5.41, 5.74) is 0.868.